The van der Waals surface area contributed by atoms with Gasteiger partial charge in [0.15, 0.2) is 5.58 Å². The Kier molecular flexibility index (Phi) is 2.55. The van der Waals surface area contributed by atoms with Crippen molar-refractivity contribution in [2.45, 2.75) is 25.7 Å². The van der Waals surface area contributed by atoms with Gasteiger partial charge in [0.2, 0.25) is 0 Å². The van der Waals surface area contributed by atoms with E-state index >= 15 is 0 Å². The lowest BCUT2D eigenvalue weighted by Gasteiger charge is -2.41. The highest BCUT2D eigenvalue weighted by Gasteiger charge is 2.35. The van der Waals surface area contributed by atoms with Gasteiger partial charge in [-0.1, -0.05) is 12.5 Å². The fourth-order valence-corrected chi connectivity index (χ4v) is 2.85. The number of nitrogens with two attached hydrogens (primary N) is 1. The van der Waals surface area contributed by atoms with Gasteiger partial charge in [0.25, 0.3) is 0 Å². The topological polar surface area (TPSA) is 61.2 Å². The summed E-state index contributed by atoms with van der Waals surface area (Å²) >= 11 is 0. The lowest BCUT2D eigenvalue weighted by atomic mass is 9.65. The van der Waals surface area contributed by atoms with Gasteiger partial charge in [-0.05, 0) is 48.9 Å². The summed E-state index contributed by atoms with van der Waals surface area (Å²) in [6.45, 7) is 0.740. The normalized spacial score (nSPS) is 17.9. The van der Waals surface area contributed by atoms with Crippen molar-refractivity contribution >= 4 is 11.1 Å². The molecule has 18 heavy (non-hydrogen) atoms. The first-order valence-corrected chi connectivity index (χ1v) is 6.42. The Labute approximate surface area is 105 Å². The van der Waals surface area contributed by atoms with Crippen LogP contribution in [0, 0.1) is 5.41 Å². The molecule has 0 spiro atoms. The summed E-state index contributed by atoms with van der Waals surface area (Å²) in [5, 5.41) is 0. The second-order valence-electron chi connectivity index (χ2n) is 5.46. The quantitative estimate of drug-likeness (QED) is 0.898. The van der Waals surface area contributed by atoms with Crippen LogP contribution in [0.25, 0.3) is 11.1 Å². The van der Waals surface area contributed by atoms with Crippen LogP contribution in [-0.2, 0) is 13.5 Å². The van der Waals surface area contributed by atoms with Crippen LogP contribution in [0.1, 0.15) is 24.8 Å². The maximum Gasteiger partial charge on any atom is 0.419 e. The van der Waals surface area contributed by atoms with Crippen molar-refractivity contribution in [3.05, 3.63) is 34.3 Å². The summed E-state index contributed by atoms with van der Waals surface area (Å²) in [5.41, 5.74) is 8.89. The number of aryl methyl sites for hydroxylation is 1. The van der Waals surface area contributed by atoms with Gasteiger partial charge in [-0.3, -0.25) is 4.57 Å². The Bertz CT molecular complexity index is 629. The van der Waals surface area contributed by atoms with E-state index in [9.17, 15) is 4.79 Å². The molecule has 0 amide bonds. The molecule has 0 unspecified atom stereocenters. The predicted molar refractivity (Wildman–Crippen MR) is 70.5 cm³/mol. The van der Waals surface area contributed by atoms with E-state index in [0.29, 0.717) is 5.58 Å². The van der Waals surface area contributed by atoms with Gasteiger partial charge < -0.3 is 10.2 Å². The molecule has 96 valence electrons. The molecule has 0 aliphatic heterocycles. The van der Waals surface area contributed by atoms with Crippen molar-refractivity contribution in [1.29, 1.82) is 0 Å². The minimum absolute atomic E-state index is 0.281. The third-order valence-electron chi connectivity index (χ3n) is 4.28. The molecule has 3 rings (SSSR count). The van der Waals surface area contributed by atoms with Crippen molar-refractivity contribution < 1.29 is 4.42 Å². The zero-order valence-electron chi connectivity index (χ0n) is 10.6. The number of benzene rings is 1. The second kappa shape index (κ2) is 3.99. The van der Waals surface area contributed by atoms with Gasteiger partial charge in [-0.25, -0.2) is 4.79 Å². The van der Waals surface area contributed by atoms with E-state index in [-0.39, 0.29) is 11.2 Å². The largest absolute Gasteiger partial charge is 0.419 e. The van der Waals surface area contributed by atoms with E-state index in [1.807, 2.05) is 12.1 Å². The highest BCUT2D eigenvalue weighted by atomic mass is 16.4. The van der Waals surface area contributed by atoms with Gasteiger partial charge in [0.1, 0.15) is 0 Å². The standard InChI is InChI=1S/C14H18N2O2/c1-16-11-4-3-10(7-12(11)18-13(16)17)8-14(9-15)5-2-6-14/h3-4,7H,2,5-6,8-9,15H2,1H3. The molecule has 1 aromatic carbocycles. The number of hydrogen-bond donors (Lipinski definition) is 1. The number of aromatic nitrogens is 1. The lowest BCUT2D eigenvalue weighted by Crippen LogP contribution is -2.39. The SMILES string of the molecule is Cn1c(=O)oc2cc(CC3(CN)CCC3)ccc21. The van der Waals surface area contributed by atoms with Gasteiger partial charge >= 0.3 is 5.76 Å². The molecule has 1 heterocycles. The van der Waals surface area contributed by atoms with Crippen LogP contribution < -0.4 is 11.5 Å². The number of fused-ring (bicyclic) bond motifs is 1. The second-order valence-corrected chi connectivity index (χ2v) is 5.46. The van der Waals surface area contributed by atoms with E-state index in [1.54, 1.807) is 7.05 Å². The molecule has 1 aliphatic carbocycles. The molecule has 0 bridgehead atoms. The average Bonchev–Trinajstić information content (AvgIpc) is 2.60. The molecule has 1 fully saturated rings. The van der Waals surface area contributed by atoms with Crippen LogP contribution in [0.3, 0.4) is 0 Å². The van der Waals surface area contributed by atoms with Gasteiger partial charge in [0, 0.05) is 7.05 Å². The van der Waals surface area contributed by atoms with E-state index in [2.05, 4.69) is 6.07 Å². The van der Waals surface area contributed by atoms with Gasteiger partial charge in [-0.2, -0.15) is 0 Å². The summed E-state index contributed by atoms with van der Waals surface area (Å²) in [4.78, 5) is 11.4. The molecular formula is C14H18N2O2. The molecule has 1 aromatic heterocycles. The third-order valence-corrected chi connectivity index (χ3v) is 4.28. The number of rotatable bonds is 3. The Balaban J connectivity index is 1.96. The Hall–Kier alpha value is -1.55. The molecule has 1 aliphatic rings. The van der Waals surface area contributed by atoms with Crippen LogP contribution in [0.4, 0.5) is 0 Å². The van der Waals surface area contributed by atoms with E-state index in [0.717, 1.165) is 18.5 Å². The monoisotopic (exact) mass is 246 g/mol. The highest BCUT2D eigenvalue weighted by molar-refractivity contribution is 5.73. The van der Waals surface area contributed by atoms with E-state index in [1.165, 1.54) is 29.4 Å². The molecule has 2 aromatic rings. The third kappa shape index (κ3) is 1.68. The Morgan fingerprint density at radius 1 is 1.44 bits per heavy atom. The minimum Gasteiger partial charge on any atom is -0.408 e. The molecular weight excluding hydrogens is 228 g/mol. The van der Waals surface area contributed by atoms with Crippen molar-refractivity contribution in [3.63, 3.8) is 0 Å². The number of oxazole rings is 1. The summed E-state index contributed by atoms with van der Waals surface area (Å²) in [7, 11) is 1.72. The average molecular weight is 246 g/mol. The van der Waals surface area contributed by atoms with Crippen molar-refractivity contribution in [2.75, 3.05) is 6.54 Å². The summed E-state index contributed by atoms with van der Waals surface area (Å²) in [6.07, 6.45) is 4.68. The smallest absolute Gasteiger partial charge is 0.408 e. The highest BCUT2D eigenvalue weighted by Crippen LogP contribution is 2.42. The fraction of sp³-hybridized carbons (Fsp3) is 0.500. The minimum atomic E-state index is -0.306. The van der Waals surface area contributed by atoms with E-state index < -0.39 is 0 Å². The summed E-state index contributed by atoms with van der Waals surface area (Å²) < 4.78 is 6.74. The van der Waals surface area contributed by atoms with E-state index in [4.69, 9.17) is 10.2 Å². The lowest BCUT2D eigenvalue weighted by molar-refractivity contribution is 0.145. The zero-order valence-corrected chi connectivity index (χ0v) is 10.6. The predicted octanol–water partition coefficient (Wildman–Crippen LogP) is 1.80. The molecule has 0 radical (unpaired) electrons. The molecule has 1 saturated carbocycles. The molecule has 4 heteroatoms. The fourth-order valence-electron chi connectivity index (χ4n) is 2.85. The Morgan fingerprint density at radius 2 is 2.22 bits per heavy atom. The molecule has 0 saturated heterocycles. The van der Waals surface area contributed by atoms with Crippen LogP contribution >= 0.6 is 0 Å². The number of hydrogen-bond acceptors (Lipinski definition) is 3. The summed E-state index contributed by atoms with van der Waals surface area (Å²) in [5.74, 6) is -0.306. The van der Waals surface area contributed by atoms with Crippen molar-refractivity contribution in [3.8, 4) is 0 Å². The van der Waals surface area contributed by atoms with Gasteiger partial charge in [0.05, 0.1) is 5.52 Å². The van der Waals surface area contributed by atoms with Crippen molar-refractivity contribution in [2.24, 2.45) is 18.2 Å². The van der Waals surface area contributed by atoms with Crippen molar-refractivity contribution in [1.82, 2.24) is 4.57 Å². The zero-order chi connectivity index (χ0) is 12.8. The maximum absolute atomic E-state index is 11.4. The first-order valence-electron chi connectivity index (χ1n) is 6.42. The van der Waals surface area contributed by atoms with Gasteiger partial charge in [-0.15, -0.1) is 0 Å². The van der Waals surface area contributed by atoms with Crippen LogP contribution in [0.5, 0.6) is 0 Å². The molecule has 2 N–H and O–H groups in total. The Morgan fingerprint density at radius 3 is 2.83 bits per heavy atom. The summed E-state index contributed by atoms with van der Waals surface area (Å²) in [6, 6.07) is 6.01. The molecule has 0 atom stereocenters. The first-order chi connectivity index (χ1) is 8.63. The van der Waals surface area contributed by atoms with Crippen LogP contribution in [0.2, 0.25) is 0 Å². The van der Waals surface area contributed by atoms with Crippen LogP contribution in [-0.4, -0.2) is 11.1 Å². The number of nitrogens with zero attached hydrogens (tertiary/aromatic N) is 1. The van der Waals surface area contributed by atoms with Crippen LogP contribution in [0.15, 0.2) is 27.4 Å². The molecule has 4 nitrogen and oxygen atoms in total. The maximum atomic E-state index is 11.4. The first kappa shape index (κ1) is 11.5.